The number of piperidine rings is 1. The van der Waals surface area contributed by atoms with Crippen molar-refractivity contribution in [2.24, 2.45) is 5.92 Å². The summed E-state index contributed by atoms with van der Waals surface area (Å²) < 4.78 is 5.12. The molecular formula is C25H28Cl2N4O6. The standard InChI is InChI=1S/C25H28Cl2N4O6/c26-18-11-15(13-30-21(32)6-5-17-4-2-10-37-17)12-19(27)22(18)24(34)31-20(25(35)36)7-9-29-23(33)16-3-1-8-28-14-16/h2,4-6,10-12,16,20,28H,1,3,7-9,13-14H2,(H,29,33)(H,30,32)(H,31,34)(H,35,36)/b6-5+/t16?,20-/m0/s1. The number of furan rings is 1. The van der Waals surface area contributed by atoms with Crippen LogP contribution in [0.2, 0.25) is 10.0 Å². The summed E-state index contributed by atoms with van der Waals surface area (Å²) in [6.07, 6.45) is 5.98. The molecule has 1 aliphatic rings. The van der Waals surface area contributed by atoms with E-state index in [9.17, 15) is 24.3 Å². The third kappa shape index (κ3) is 8.63. The van der Waals surface area contributed by atoms with Gasteiger partial charge in [-0.2, -0.15) is 0 Å². The van der Waals surface area contributed by atoms with Crippen molar-refractivity contribution in [2.45, 2.75) is 31.8 Å². The Bertz CT molecular complexity index is 1120. The largest absolute Gasteiger partial charge is 0.480 e. The van der Waals surface area contributed by atoms with E-state index in [2.05, 4.69) is 21.3 Å². The molecule has 1 aliphatic heterocycles. The number of halogens is 2. The van der Waals surface area contributed by atoms with Crippen LogP contribution >= 0.6 is 23.2 Å². The molecule has 1 saturated heterocycles. The van der Waals surface area contributed by atoms with Gasteiger partial charge in [0.05, 0.1) is 27.8 Å². The Labute approximate surface area is 223 Å². The SMILES string of the molecule is O=C(/C=C/c1ccco1)NCc1cc(Cl)c(C(=O)N[C@@H](CCNC(=O)C2CCCNC2)C(=O)O)c(Cl)c1. The zero-order chi connectivity index (χ0) is 26.8. The van der Waals surface area contributed by atoms with Crippen LogP contribution in [0, 0.1) is 5.92 Å². The van der Waals surface area contributed by atoms with Crippen LogP contribution in [-0.2, 0) is 20.9 Å². The van der Waals surface area contributed by atoms with Crippen LogP contribution in [0.25, 0.3) is 6.08 Å². The van der Waals surface area contributed by atoms with Crippen molar-refractivity contribution in [2.75, 3.05) is 19.6 Å². The number of carboxylic acid groups (broad SMARTS) is 1. The predicted octanol–water partition coefficient (Wildman–Crippen LogP) is 2.60. The minimum Gasteiger partial charge on any atom is -0.480 e. The summed E-state index contributed by atoms with van der Waals surface area (Å²) in [5.41, 5.74) is 0.459. The van der Waals surface area contributed by atoms with Gasteiger partial charge >= 0.3 is 5.97 Å². The van der Waals surface area contributed by atoms with Crippen molar-refractivity contribution in [3.8, 4) is 0 Å². The highest BCUT2D eigenvalue weighted by Crippen LogP contribution is 2.27. The molecule has 0 aliphatic carbocycles. The monoisotopic (exact) mass is 550 g/mol. The van der Waals surface area contributed by atoms with Crippen LogP contribution < -0.4 is 21.3 Å². The second-order valence-corrected chi connectivity index (χ2v) is 9.30. The number of nitrogens with one attached hydrogen (secondary N) is 4. The van der Waals surface area contributed by atoms with Gasteiger partial charge in [0.2, 0.25) is 11.8 Å². The highest BCUT2D eigenvalue weighted by molar-refractivity contribution is 6.39. The lowest BCUT2D eigenvalue weighted by molar-refractivity contribution is -0.139. The van der Waals surface area contributed by atoms with E-state index in [0.717, 1.165) is 19.4 Å². The summed E-state index contributed by atoms with van der Waals surface area (Å²) in [5.74, 6) is -2.16. The maximum atomic E-state index is 12.8. The average molecular weight is 551 g/mol. The van der Waals surface area contributed by atoms with Crippen LogP contribution in [0.15, 0.2) is 41.0 Å². The molecule has 3 rings (SSSR count). The fourth-order valence-electron chi connectivity index (χ4n) is 3.78. The van der Waals surface area contributed by atoms with Gasteiger partial charge in [0.1, 0.15) is 11.8 Å². The molecule has 0 radical (unpaired) electrons. The molecule has 1 aromatic carbocycles. The van der Waals surface area contributed by atoms with E-state index in [1.54, 1.807) is 12.1 Å². The predicted molar refractivity (Wildman–Crippen MR) is 138 cm³/mol. The Morgan fingerprint density at radius 1 is 1.19 bits per heavy atom. The second-order valence-electron chi connectivity index (χ2n) is 8.49. The van der Waals surface area contributed by atoms with E-state index < -0.39 is 17.9 Å². The summed E-state index contributed by atoms with van der Waals surface area (Å²) >= 11 is 12.5. The van der Waals surface area contributed by atoms with Gasteiger partial charge in [-0.25, -0.2) is 4.79 Å². The topological polar surface area (TPSA) is 150 Å². The van der Waals surface area contributed by atoms with Gasteiger partial charge in [-0.1, -0.05) is 23.2 Å². The minimum absolute atomic E-state index is 0.00242. The lowest BCUT2D eigenvalue weighted by Crippen LogP contribution is -2.45. The maximum Gasteiger partial charge on any atom is 0.326 e. The number of rotatable bonds is 11. The first-order valence-electron chi connectivity index (χ1n) is 11.7. The van der Waals surface area contributed by atoms with Crippen LogP contribution in [0.5, 0.6) is 0 Å². The zero-order valence-corrected chi connectivity index (χ0v) is 21.4. The molecule has 37 heavy (non-hydrogen) atoms. The maximum absolute atomic E-state index is 12.8. The van der Waals surface area contributed by atoms with Gasteiger partial charge in [0.25, 0.3) is 5.91 Å². The molecule has 0 saturated carbocycles. The Morgan fingerprint density at radius 3 is 2.57 bits per heavy atom. The first-order chi connectivity index (χ1) is 17.7. The summed E-state index contributed by atoms with van der Waals surface area (Å²) in [4.78, 5) is 48.7. The van der Waals surface area contributed by atoms with Gasteiger partial charge in [-0.05, 0) is 61.7 Å². The number of amides is 3. The number of benzene rings is 1. The fourth-order valence-corrected chi connectivity index (χ4v) is 4.49. The molecular weight excluding hydrogens is 523 g/mol. The van der Waals surface area contributed by atoms with E-state index in [0.29, 0.717) is 17.9 Å². The lowest BCUT2D eigenvalue weighted by Gasteiger charge is -2.22. The van der Waals surface area contributed by atoms with Crippen LogP contribution in [-0.4, -0.2) is 54.5 Å². The average Bonchev–Trinajstić information content (AvgIpc) is 3.39. The number of carbonyl (C=O) groups is 4. The van der Waals surface area contributed by atoms with Crippen molar-refractivity contribution in [1.82, 2.24) is 21.3 Å². The lowest BCUT2D eigenvalue weighted by atomic mass is 9.99. The third-order valence-electron chi connectivity index (χ3n) is 5.74. The summed E-state index contributed by atoms with van der Waals surface area (Å²) in [5, 5.41) is 20.5. The molecule has 2 heterocycles. The highest BCUT2D eigenvalue weighted by Gasteiger charge is 2.25. The van der Waals surface area contributed by atoms with E-state index >= 15 is 0 Å². The Morgan fingerprint density at radius 2 is 1.95 bits per heavy atom. The molecule has 0 bridgehead atoms. The van der Waals surface area contributed by atoms with E-state index in [1.165, 1.54) is 30.5 Å². The quantitative estimate of drug-likeness (QED) is 0.270. The summed E-state index contributed by atoms with van der Waals surface area (Å²) in [6.45, 7) is 1.64. The van der Waals surface area contributed by atoms with Gasteiger partial charge < -0.3 is 30.8 Å². The third-order valence-corrected chi connectivity index (χ3v) is 6.34. The number of hydrogen-bond acceptors (Lipinski definition) is 6. The molecule has 10 nitrogen and oxygen atoms in total. The number of carboxylic acids is 1. The van der Waals surface area contributed by atoms with E-state index in [-0.39, 0.29) is 52.9 Å². The first-order valence-corrected chi connectivity index (χ1v) is 12.5. The van der Waals surface area contributed by atoms with Crippen molar-refractivity contribution < 1.29 is 28.7 Å². The van der Waals surface area contributed by atoms with Crippen molar-refractivity contribution in [1.29, 1.82) is 0 Å². The second kappa shape index (κ2) is 13.8. The summed E-state index contributed by atoms with van der Waals surface area (Å²) in [7, 11) is 0. The molecule has 12 heteroatoms. The molecule has 5 N–H and O–H groups in total. The highest BCUT2D eigenvalue weighted by atomic mass is 35.5. The fraction of sp³-hybridized carbons (Fsp3) is 0.360. The molecule has 1 aromatic heterocycles. The van der Waals surface area contributed by atoms with Crippen LogP contribution in [0.3, 0.4) is 0 Å². The Hall–Kier alpha value is -3.34. The van der Waals surface area contributed by atoms with Crippen molar-refractivity contribution >= 4 is 53.0 Å². The normalized spacial score (nSPS) is 16.2. The zero-order valence-electron chi connectivity index (χ0n) is 19.9. The van der Waals surface area contributed by atoms with Crippen molar-refractivity contribution in [3.05, 3.63) is 63.5 Å². The van der Waals surface area contributed by atoms with E-state index in [4.69, 9.17) is 27.6 Å². The van der Waals surface area contributed by atoms with Gasteiger partial charge in [0, 0.05) is 25.7 Å². The number of aliphatic carboxylic acids is 1. The smallest absolute Gasteiger partial charge is 0.326 e. The molecule has 2 atom stereocenters. The molecule has 0 spiro atoms. The molecule has 1 fully saturated rings. The molecule has 3 amide bonds. The van der Waals surface area contributed by atoms with Crippen molar-refractivity contribution in [3.63, 3.8) is 0 Å². The molecule has 198 valence electrons. The summed E-state index contributed by atoms with van der Waals surface area (Å²) in [6, 6.07) is 5.07. The Kier molecular flexibility index (Phi) is 10.6. The number of carbonyl (C=O) groups excluding carboxylic acids is 3. The number of hydrogen-bond donors (Lipinski definition) is 5. The van der Waals surface area contributed by atoms with Crippen LogP contribution in [0.4, 0.5) is 0 Å². The van der Waals surface area contributed by atoms with Gasteiger partial charge in [-0.3, -0.25) is 14.4 Å². The first kappa shape index (κ1) is 28.2. The minimum atomic E-state index is -1.26. The molecule has 1 unspecified atom stereocenters. The Balaban J connectivity index is 1.54. The van der Waals surface area contributed by atoms with E-state index in [1.807, 2.05) is 0 Å². The van der Waals surface area contributed by atoms with Gasteiger partial charge in [-0.15, -0.1) is 0 Å². The van der Waals surface area contributed by atoms with Gasteiger partial charge in [0.15, 0.2) is 0 Å². The van der Waals surface area contributed by atoms with Crippen LogP contribution in [0.1, 0.15) is 40.9 Å². The molecule has 2 aromatic rings.